The fourth-order valence-electron chi connectivity index (χ4n) is 5.45. The highest BCUT2D eigenvalue weighted by molar-refractivity contribution is 5.97. The molecule has 0 unspecified atom stereocenters. The van der Waals surface area contributed by atoms with Crippen molar-refractivity contribution in [3.8, 4) is 0 Å². The van der Waals surface area contributed by atoms with Gasteiger partial charge in [0.25, 0.3) is 5.91 Å². The number of carboxylic acids is 1. The van der Waals surface area contributed by atoms with E-state index in [0.717, 1.165) is 22.0 Å². The third kappa shape index (κ3) is 4.63. The van der Waals surface area contributed by atoms with Crippen LogP contribution in [0, 0.1) is 6.92 Å². The molecule has 0 aliphatic rings. The molecule has 0 aliphatic carbocycles. The van der Waals surface area contributed by atoms with Crippen molar-refractivity contribution >= 4 is 33.8 Å². The number of benzene rings is 3. The largest absolute Gasteiger partial charge is 0.481 e. The standard InChI is InChI=1S/C31H32N4O4/c1-5-32(3)30(38)22-14-15-24-27(16-22)35(26(17-28(36)37)21-11-7-6-8-12-21)31(39)34(24)19-23-18-33(4)25-13-9-10-20(2)29(23)25/h6-16,18,26H,5,17,19H2,1-4H3,(H,36,37)/t26-/m1/s1. The molecule has 2 aromatic heterocycles. The van der Waals surface area contributed by atoms with Gasteiger partial charge < -0.3 is 14.6 Å². The summed E-state index contributed by atoms with van der Waals surface area (Å²) >= 11 is 0. The summed E-state index contributed by atoms with van der Waals surface area (Å²) in [5.74, 6) is -1.18. The highest BCUT2D eigenvalue weighted by Gasteiger charge is 2.26. The lowest BCUT2D eigenvalue weighted by Gasteiger charge is -2.18. The SMILES string of the molecule is CCN(C)C(=O)c1ccc2c(c1)n([C@H](CC(=O)O)c1ccccc1)c(=O)n2Cc1cn(C)c2cccc(C)c12. The van der Waals surface area contributed by atoms with Crippen LogP contribution in [0.2, 0.25) is 0 Å². The molecule has 8 nitrogen and oxygen atoms in total. The molecule has 0 spiro atoms. The molecule has 39 heavy (non-hydrogen) atoms. The second-order valence-corrected chi connectivity index (χ2v) is 10.0. The first-order chi connectivity index (χ1) is 18.7. The Hall–Kier alpha value is -4.59. The zero-order chi connectivity index (χ0) is 27.8. The van der Waals surface area contributed by atoms with Crippen LogP contribution in [0.25, 0.3) is 21.9 Å². The Morgan fingerprint density at radius 1 is 0.974 bits per heavy atom. The maximum atomic E-state index is 14.2. The first kappa shape index (κ1) is 26.0. The number of carbonyl (C=O) groups excluding carboxylic acids is 1. The van der Waals surface area contributed by atoms with Gasteiger partial charge in [0, 0.05) is 43.3 Å². The Bertz CT molecular complexity index is 1760. The number of imidazole rings is 1. The summed E-state index contributed by atoms with van der Waals surface area (Å²) in [6.45, 7) is 4.80. The van der Waals surface area contributed by atoms with E-state index in [0.29, 0.717) is 35.2 Å². The number of hydrogen-bond acceptors (Lipinski definition) is 3. The minimum atomic E-state index is -1.01. The van der Waals surface area contributed by atoms with Crippen LogP contribution >= 0.6 is 0 Å². The molecule has 0 saturated carbocycles. The van der Waals surface area contributed by atoms with E-state index in [2.05, 4.69) is 23.6 Å². The van der Waals surface area contributed by atoms with Crippen molar-refractivity contribution in [1.82, 2.24) is 18.6 Å². The predicted molar refractivity (Wildman–Crippen MR) is 152 cm³/mol. The van der Waals surface area contributed by atoms with Crippen molar-refractivity contribution in [2.24, 2.45) is 7.05 Å². The minimum Gasteiger partial charge on any atom is -0.481 e. The molecular formula is C31H32N4O4. The smallest absolute Gasteiger partial charge is 0.330 e. The molecule has 1 atom stereocenters. The van der Waals surface area contributed by atoms with Crippen LogP contribution in [0.5, 0.6) is 0 Å². The van der Waals surface area contributed by atoms with Crippen LogP contribution in [-0.4, -0.2) is 49.2 Å². The van der Waals surface area contributed by atoms with Crippen molar-refractivity contribution < 1.29 is 14.7 Å². The second-order valence-electron chi connectivity index (χ2n) is 10.0. The van der Waals surface area contributed by atoms with Crippen LogP contribution in [0.3, 0.4) is 0 Å². The molecule has 0 fully saturated rings. The van der Waals surface area contributed by atoms with Crippen LogP contribution in [-0.2, 0) is 18.4 Å². The summed E-state index contributed by atoms with van der Waals surface area (Å²) in [6.07, 6.45) is 1.76. The average Bonchev–Trinajstić information content (AvgIpc) is 3.40. The molecule has 0 saturated heterocycles. The van der Waals surface area contributed by atoms with E-state index in [1.54, 1.807) is 39.3 Å². The number of rotatable bonds is 8. The number of hydrogen-bond donors (Lipinski definition) is 1. The van der Waals surface area contributed by atoms with E-state index < -0.39 is 12.0 Å². The van der Waals surface area contributed by atoms with Gasteiger partial charge >= 0.3 is 11.7 Å². The van der Waals surface area contributed by atoms with Crippen molar-refractivity contribution in [1.29, 1.82) is 0 Å². The fourth-order valence-corrected chi connectivity index (χ4v) is 5.45. The molecule has 0 aliphatic heterocycles. The number of fused-ring (bicyclic) bond motifs is 2. The Morgan fingerprint density at radius 2 is 1.72 bits per heavy atom. The molecule has 0 radical (unpaired) electrons. The first-order valence-electron chi connectivity index (χ1n) is 13.0. The number of nitrogens with zero attached hydrogens (tertiary/aromatic N) is 4. The van der Waals surface area contributed by atoms with E-state index in [9.17, 15) is 19.5 Å². The van der Waals surface area contributed by atoms with Crippen LogP contribution < -0.4 is 5.69 Å². The summed E-state index contributed by atoms with van der Waals surface area (Å²) in [6, 6.07) is 19.8. The number of carbonyl (C=O) groups is 2. The third-order valence-electron chi connectivity index (χ3n) is 7.52. The van der Waals surface area contributed by atoms with Gasteiger partial charge in [-0.2, -0.15) is 0 Å². The second kappa shape index (κ2) is 10.3. The van der Waals surface area contributed by atoms with Gasteiger partial charge in [-0.05, 0) is 54.8 Å². The molecular weight excluding hydrogens is 492 g/mol. The summed E-state index contributed by atoms with van der Waals surface area (Å²) in [4.78, 5) is 40.9. The highest BCUT2D eigenvalue weighted by Crippen LogP contribution is 2.29. The Balaban J connectivity index is 1.77. The maximum absolute atomic E-state index is 14.2. The Kier molecular flexibility index (Phi) is 6.87. The molecule has 5 rings (SSSR count). The summed E-state index contributed by atoms with van der Waals surface area (Å²) in [7, 11) is 3.71. The van der Waals surface area contributed by atoms with Gasteiger partial charge in [0.15, 0.2) is 0 Å². The lowest BCUT2D eigenvalue weighted by atomic mass is 10.0. The lowest BCUT2D eigenvalue weighted by Crippen LogP contribution is -2.29. The number of amides is 1. The minimum absolute atomic E-state index is 0.162. The molecule has 8 heteroatoms. The van der Waals surface area contributed by atoms with Gasteiger partial charge in [-0.1, -0.05) is 42.5 Å². The fraction of sp³-hybridized carbons (Fsp3) is 0.258. The van der Waals surface area contributed by atoms with Crippen molar-refractivity contribution in [3.63, 3.8) is 0 Å². The van der Waals surface area contributed by atoms with E-state index >= 15 is 0 Å². The number of aryl methyl sites for hydroxylation is 2. The summed E-state index contributed by atoms with van der Waals surface area (Å²) in [5, 5.41) is 10.9. The zero-order valence-electron chi connectivity index (χ0n) is 22.6. The quantitative estimate of drug-likeness (QED) is 0.316. The van der Waals surface area contributed by atoms with Gasteiger partial charge in [-0.3, -0.25) is 18.7 Å². The predicted octanol–water partition coefficient (Wildman–Crippen LogP) is 4.81. The van der Waals surface area contributed by atoms with Crippen LogP contribution in [0.4, 0.5) is 0 Å². The number of aromatic nitrogens is 3. The molecule has 1 N–H and O–H groups in total. The first-order valence-corrected chi connectivity index (χ1v) is 13.0. The van der Waals surface area contributed by atoms with Crippen molar-refractivity contribution in [3.05, 3.63) is 106 Å². The summed E-state index contributed by atoms with van der Waals surface area (Å²) in [5.41, 5.74) is 5.19. The third-order valence-corrected chi connectivity index (χ3v) is 7.52. The van der Waals surface area contributed by atoms with Crippen molar-refractivity contribution in [2.45, 2.75) is 32.9 Å². The molecule has 5 aromatic rings. The van der Waals surface area contributed by atoms with E-state index in [4.69, 9.17) is 0 Å². The highest BCUT2D eigenvalue weighted by atomic mass is 16.4. The Labute approximate surface area is 226 Å². The van der Waals surface area contributed by atoms with Crippen LogP contribution in [0.1, 0.15) is 46.4 Å². The number of aliphatic carboxylic acids is 1. The number of carboxylic acid groups (broad SMARTS) is 1. The van der Waals surface area contributed by atoms with E-state index in [-0.39, 0.29) is 18.0 Å². The van der Waals surface area contributed by atoms with E-state index in [1.165, 1.54) is 0 Å². The van der Waals surface area contributed by atoms with Gasteiger partial charge in [0.05, 0.1) is 30.0 Å². The van der Waals surface area contributed by atoms with Gasteiger partial charge in [0.1, 0.15) is 0 Å². The molecule has 2 heterocycles. The molecule has 0 bridgehead atoms. The average molecular weight is 525 g/mol. The van der Waals surface area contributed by atoms with E-state index in [1.807, 2.05) is 56.6 Å². The maximum Gasteiger partial charge on any atom is 0.330 e. The van der Waals surface area contributed by atoms with Crippen molar-refractivity contribution in [2.75, 3.05) is 13.6 Å². The van der Waals surface area contributed by atoms with Gasteiger partial charge in [-0.25, -0.2) is 4.79 Å². The van der Waals surface area contributed by atoms with Gasteiger partial charge in [0.2, 0.25) is 0 Å². The topological polar surface area (TPSA) is 89.5 Å². The molecule has 200 valence electrons. The van der Waals surface area contributed by atoms with Crippen LogP contribution in [0.15, 0.2) is 77.7 Å². The van der Waals surface area contributed by atoms with Gasteiger partial charge in [-0.15, -0.1) is 0 Å². The lowest BCUT2D eigenvalue weighted by molar-refractivity contribution is -0.137. The molecule has 1 amide bonds. The molecule has 3 aromatic carbocycles. The zero-order valence-corrected chi connectivity index (χ0v) is 22.6. The Morgan fingerprint density at radius 3 is 2.41 bits per heavy atom. The monoisotopic (exact) mass is 524 g/mol. The summed E-state index contributed by atoms with van der Waals surface area (Å²) < 4.78 is 5.28. The normalized spacial score (nSPS) is 12.2.